The molecule has 0 saturated heterocycles. The Hall–Kier alpha value is -1.79. The first-order chi connectivity index (χ1) is 10.4. The number of allylic oxidation sites excluding steroid dienone is 1. The molecule has 6 heteroatoms. The Morgan fingerprint density at radius 3 is 2.50 bits per heavy atom. The predicted octanol–water partition coefficient (Wildman–Crippen LogP) is 0.814. The molecule has 120 valence electrons. The van der Waals surface area contributed by atoms with E-state index in [1.165, 1.54) is 0 Å². The van der Waals surface area contributed by atoms with Crippen molar-refractivity contribution in [2.75, 3.05) is 0 Å². The van der Waals surface area contributed by atoms with Gasteiger partial charge >= 0.3 is 11.9 Å². The molecule has 22 heavy (non-hydrogen) atoms. The number of Topliss-reactive ketones (excluding diaryl/α,β-unsaturated/α-hetero) is 1. The molecule has 0 radical (unpaired) electrons. The monoisotopic (exact) mass is 308 g/mol. The van der Waals surface area contributed by atoms with E-state index in [4.69, 9.17) is 0 Å². The molecule has 0 aromatic rings. The van der Waals surface area contributed by atoms with Crippen LogP contribution in [-0.2, 0) is 19.1 Å². The molecule has 1 aliphatic carbocycles. The molecule has 3 atom stereocenters. The third-order valence-corrected chi connectivity index (χ3v) is 4.23. The maximum Gasteiger partial charge on any atom is 0.342 e. The van der Waals surface area contributed by atoms with Crippen LogP contribution in [0.1, 0.15) is 39.5 Å². The zero-order valence-corrected chi connectivity index (χ0v) is 12.7. The summed E-state index contributed by atoms with van der Waals surface area (Å²) in [6.45, 7) is 3.54. The Kier molecular flexibility index (Phi) is 4.93. The van der Waals surface area contributed by atoms with Crippen molar-refractivity contribution < 1.29 is 29.3 Å². The van der Waals surface area contributed by atoms with Crippen molar-refractivity contribution in [1.29, 1.82) is 0 Å². The number of aliphatic hydroxyl groups is 2. The third-order valence-electron chi connectivity index (χ3n) is 4.23. The molecule has 2 aliphatic rings. The Bertz CT molecular complexity index is 571. The number of aliphatic hydroxyl groups excluding tert-OH is 2. The molecule has 0 saturated carbocycles. The molecule has 2 N–H and O–H groups in total. The minimum Gasteiger partial charge on any atom is -0.388 e. The van der Waals surface area contributed by atoms with E-state index in [2.05, 4.69) is 4.74 Å². The minimum atomic E-state index is -1.42. The first kappa shape index (κ1) is 16.6. The number of cyclic esters (lactones) is 2. The van der Waals surface area contributed by atoms with Crippen LogP contribution in [0.4, 0.5) is 0 Å². The molecular formula is C16H20O6. The van der Waals surface area contributed by atoms with E-state index in [0.29, 0.717) is 18.4 Å². The number of rotatable bonds is 2. The second-order valence-corrected chi connectivity index (χ2v) is 5.64. The summed E-state index contributed by atoms with van der Waals surface area (Å²) < 4.78 is 4.67. The van der Waals surface area contributed by atoms with Gasteiger partial charge in [-0.25, -0.2) is 9.59 Å². The highest BCUT2D eigenvalue weighted by Gasteiger charge is 2.43. The van der Waals surface area contributed by atoms with Gasteiger partial charge in [0, 0.05) is 18.8 Å². The van der Waals surface area contributed by atoms with E-state index >= 15 is 0 Å². The summed E-state index contributed by atoms with van der Waals surface area (Å²) >= 11 is 0. The summed E-state index contributed by atoms with van der Waals surface area (Å²) in [6, 6.07) is 0. The van der Waals surface area contributed by atoms with E-state index in [-0.39, 0.29) is 24.0 Å². The first-order valence-electron chi connectivity index (χ1n) is 7.44. The molecule has 6 nitrogen and oxygen atoms in total. The van der Waals surface area contributed by atoms with Gasteiger partial charge in [-0.3, -0.25) is 4.79 Å². The van der Waals surface area contributed by atoms with E-state index in [9.17, 15) is 24.6 Å². The van der Waals surface area contributed by atoms with E-state index in [1.54, 1.807) is 13.0 Å². The highest BCUT2D eigenvalue weighted by Crippen LogP contribution is 2.36. The second kappa shape index (κ2) is 6.54. The van der Waals surface area contributed by atoms with Gasteiger partial charge in [0.1, 0.15) is 6.10 Å². The van der Waals surface area contributed by atoms with Crippen molar-refractivity contribution in [3.05, 3.63) is 22.8 Å². The second-order valence-electron chi connectivity index (χ2n) is 5.64. The fourth-order valence-corrected chi connectivity index (χ4v) is 3.03. The molecule has 1 heterocycles. The van der Waals surface area contributed by atoms with Crippen LogP contribution < -0.4 is 0 Å². The lowest BCUT2D eigenvalue weighted by molar-refractivity contribution is -0.151. The number of ketones is 1. The summed E-state index contributed by atoms with van der Waals surface area (Å²) in [5.74, 6) is -2.85. The van der Waals surface area contributed by atoms with Gasteiger partial charge in [-0.05, 0) is 18.9 Å². The number of carbonyl (C=O) groups excluding carboxylic acids is 3. The summed E-state index contributed by atoms with van der Waals surface area (Å²) in [4.78, 5) is 36.1. The fourth-order valence-electron chi connectivity index (χ4n) is 3.03. The zero-order chi connectivity index (χ0) is 16.4. The molecule has 0 aromatic carbocycles. The van der Waals surface area contributed by atoms with Crippen molar-refractivity contribution >= 4 is 17.7 Å². The number of hydrogen-bond acceptors (Lipinski definition) is 6. The lowest BCUT2D eigenvalue weighted by Crippen LogP contribution is -2.34. The van der Waals surface area contributed by atoms with Gasteiger partial charge in [-0.2, -0.15) is 0 Å². The lowest BCUT2D eigenvalue weighted by atomic mass is 9.84. The van der Waals surface area contributed by atoms with Gasteiger partial charge in [0.05, 0.1) is 17.3 Å². The van der Waals surface area contributed by atoms with Crippen LogP contribution in [0.5, 0.6) is 0 Å². The quantitative estimate of drug-likeness (QED) is 0.445. The fraction of sp³-hybridized carbons (Fsp3) is 0.562. The van der Waals surface area contributed by atoms with Gasteiger partial charge in [0.15, 0.2) is 5.78 Å². The first-order valence-corrected chi connectivity index (χ1v) is 7.44. The van der Waals surface area contributed by atoms with Gasteiger partial charge in [-0.1, -0.05) is 19.4 Å². The van der Waals surface area contributed by atoms with Crippen molar-refractivity contribution in [2.45, 2.75) is 51.7 Å². The molecule has 0 unspecified atom stereocenters. The Morgan fingerprint density at radius 2 is 1.91 bits per heavy atom. The maximum absolute atomic E-state index is 12.2. The summed E-state index contributed by atoms with van der Waals surface area (Å²) in [7, 11) is 0. The van der Waals surface area contributed by atoms with Crippen LogP contribution in [0.3, 0.4) is 0 Å². The van der Waals surface area contributed by atoms with Gasteiger partial charge in [0.2, 0.25) is 0 Å². The smallest absolute Gasteiger partial charge is 0.342 e. The normalized spacial score (nSPS) is 31.7. The summed E-state index contributed by atoms with van der Waals surface area (Å²) in [5.41, 5.74) is 0.697. The number of ether oxygens (including phenoxy) is 1. The van der Waals surface area contributed by atoms with Crippen LogP contribution in [0, 0.1) is 5.92 Å². The molecule has 0 fully saturated rings. The van der Waals surface area contributed by atoms with Crippen LogP contribution >= 0.6 is 0 Å². The van der Waals surface area contributed by atoms with Crippen LogP contribution in [0.15, 0.2) is 22.8 Å². The highest BCUT2D eigenvalue weighted by molar-refractivity contribution is 6.13. The predicted molar refractivity (Wildman–Crippen MR) is 76.5 cm³/mol. The highest BCUT2D eigenvalue weighted by atomic mass is 16.6. The van der Waals surface area contributed by atoms with Crippen molar-refractivity contribution in [1.82, 2.24) is 0 Å². The largest absolute Gasteiger partial charge is 0.388 e. The number of esters is 2. The number of hydrogen-bond donors (Lipinski definition) is 2. The average molecular weight is 308 g/mol. The maximum atomic E-state index is 12.2. The Morgan fingerprint density at radius 1 is 1.23 bits per heavy atom. The molecule has 0 bridgehead atoms. The average Bonchev–Trinajstić information content (AvgIpc) is 2.75. The van der Waals surface area contributed by atoms with Crippen LogP contribution in [0.2, 0.25) is 0 Å². The molecule has 2 rings (SSSR count). The van der Waals surface area contributed by atoms with Crippen molar-refractivity contribution in [3.63, 3.8) is 0 Å². The lowest BCUT2D eigenvalue weighted by Gasteiger charge is -2.21. The van der Waals surface area contributed by atoms with E-state index in [1.807, 2.05) is 6.92 Å². The Balaban J connectivity index is 2.58. The van der Waals surface area contributed by atoms with Crippen molar-refractivity contribution in [2.24, 2.45) is 5.92 Å². The SMILES string of the molecule is C/C=C1/CC2=C(C(=O)OC2=O)[C@@H](CCC)[C@@H](O)C(=O)C[C@H]1O. The molecule has 0 amide bonds. The van der Waals surface area contributed by atoms with Gasteiger partial charge in [-0.15, -0.1) is 0 Å². The molecular weight excluding hydrogens is 288 g/mol. The van der Waals surface area contributed by atoms with Gasteiger partial charge < -0.3 is 14.9 Å². The Labute approximate surface area is 128 Å². The summed E-state index contributed by atoms with van der Waals surface area (Å²) in [5, 5.41) is 20.4. The van der Waals surface area contributed by atoms with Crippen LogP contribution in [0.25, 0.3) is 0 Å². The molecule has 1 aliphatic heterocycles. The standard InChI is InChI=1S/C16H20O6/c1-3-5-9-13-10(15(20)22-16(13)21)6-8(4-2)11(17)7-12(18)14(9)19/h4,9,11,14,17,19H,3,5-7H2,1-2H3/b8-4-/t9-,11-,14-/m1/s1. The zero-order valence-electron chi connectivity index (χ0n) is 12.7. The summed E-state index contributed by atoms with van der Waals surface area (Å²) in [6.07, 6.45) is -0.0470. The van der Waals surface area contributed by atoms with Crippen molar-refractivity contribution in [3.8, 4) is 0 Å². The van der Waals surface area contributed by atoms with Gasteiger partial charge in [0.25, 0.3) is 0 Å². The topological polar surface area (TPSA) is 101 Å². The van der Waals surface area contributed by atoms with E-state index in [0.717, 1.165) is 0 Å². The van der Waals surface area contributed by atoms with E-state index < -0.39 is 35.8 Å². The third kappa shape index (κ3) is 2.89. The molecule has 0 spiro atoms. The molecule has 0 aromatic heterocycles. The minimum absolute atomic E-state index is 0.0534. The number of carbonyl (C=O) groups is 3. The van der Waals surface area contributed by atoms with Crippen LogP contribution in [-0.4, -0.2) is 40.1 Å².